The average Bonchev–Trinajstić information content (AvgIpc) is 3.55. The standard InChI is InChI=1S/C34H36N6O5/c1-21-29(25(16-18-35-21)24-13-7-4-8-14-24)33(44)38-26-15-9-10-17-36-30(41)27(19-23-11-5-3-6-12-23)39-32(43)28-20-45-34(40-28)22(2)37-31(26)42/h3-8,11-14,16,18,20,22,26-27H,9-10,15,17,19H2,1-2H3,(H,36,41)(H,37,42)(H,38,44)(H,39,43)/t22-,26-,27-/m0/s1. The number of pyridine rings is 1. The summed E-state index contributed by atoms with van der Waals surface area (Å²) in [6.45, 7) is 3.76. The summed E-state index contributed by atoms with van der Waals surface area (Å²) in [6, 6.07) is 18.3. The first-order chi connectivity index (χ1) is 21.8. The van der Waals surface area contributed by atoms with Crippen molar-refractivity contribution in [1.29, 1.82) is 0 Å². The Morgan fingerprint density at radius 2 is 1.69 bits per heavy atom. The molecule has 4 aromatic rings. The molecule has 0 spiro atoms. The lowest BCUT2D eigenvalue weighted by Gasteiger charge is -2.22. The van der Waals surface area contributed by atoms with Crippen LogP contribution < -0.4 is 21.3 Å². The minimum atomic E-state index is -0.893. The Hall–Kier alpha value is -5.32. The van der Waals surface area contributed by atoms with Crippen LogP contribution in [-0.4, -0.2) is 52.2 Å². The minimum absolute atomic E-state index is 0.0191. The van der Waals surface area contributed by atoms with Gasteiger partial charge in [-0.05, 0) is 55.9 Å². The Morgan fingerprint density at radius 1 is 0.956 bits per heavy atom. The maximum atomic E-state index is 13.7. The summed E-state index contributed by atoms with van der Waals surface area (Å²) in [4.78, 5) is 62.1. The van der Waals surface area contributed by atoms with Crippen molar-refractivity contribution in [3.05, 3.63) is 108 Å². The number of hydrogen-bond donors (Lipinski definition) is 4. The van der Waals surface area contributed by atoms with Crippen molar-refractivity contribution >= 4 is 23.6 Å². The van der Waals surface area contributed by atoms with Crippen molar-refractivity contribution in [3.8, 4) is 11.1 Å². The number of benzene rings is 2. The summed E-state index contributed by atoms with van der Waals surface area (Å²) >= 11 is 0. The molecule has 0 radical (unpaired) electrons. The number of aryl methyl sites for hydroxylation is 1. The van der Waals surface area contributed by atoms with E-state index >= 15 is 0 Å². The lowest BCUT2D eigenvalue weighted by Crippen LogP contribution is -2.49. The fourth-order valence-electron chi connectivity index (χ4n) is 5.28. The molecule has 1 aliphatic rings. The van der Waals surface area contributed by atoms with E-state index in [0.29, 0.717) is 49.0 Å². The molecule has 1 aliphatic heterocycles. The number of hydrogen-bond acceptors (Lipinski definition) is 7. The van der Waals surface area contributed by atoms with E-state index in [9.17, 15) is 19.2 Å². The van der Waals surface area contributed by atoms with Gasteiger partial charge in [-0.1, -0.05) is 60.7 Å². The minimum Gasteiger partial charge on any atom is -0.446 e. The summed E-state index contributed by atoms with van der Waals surface area (Å²) in [6.07, 6.45) is 4.54. The van der Waals surface area contributed by atoms with E-state index in [-0.39, 0.29) is 17.5 Å². The lowest BCUT2D eigenvalue weighted by atomic mass is 9.98. The first kappa shape index (κ1) is 31.1. The van der Waals surface area contributed by atoms with Crippen LogP contribution in [0.25, 0.3) is 11.1 Å². The Kier molecular flexibility index (Phi) is 9.98. The van der Waals surface area contributed by atoms with Gasteiger partial charge in [0.05, 0.1) is 11.3 Å². The highest BCUT2D eigenvalue weighted by Gasteiger charge is 2.28. The zero-order chi connectivity index (χ0) is 31.8. The number of rotatable bonds is 5. The van der Waals surface area contributed by atoms with Crippen LogP contribution in [0.2, 0.25) is 0 Å². The zero-order valence-corrected chi connectivity index (χ0v) is 25.2. The SMILES string of the molecule is Cc1nccc(-c2ccccc2)c1C(=O)N[C@H]1CCCCNC(=O)[C@H](Cc2ccccc2)NC(=O)c2coc(n2)[C@H](C)NC1=O. The quantitative estimate of drug-likeness (QED) is 0.270. The van der Waals surface area contributed by atoms with Crippen molar-refractivity contribution in [2.75, 3.05) is 6.54 Å². The molecule has 11 heteroatoms. The highest BCUT2D eigenvalue weighted by molar-refractivity contribution is 6.03. The molecule has 3 heterocycles. The molecule has 0 fully saturated rings. The molecule has 45 heavy (non-hydrogen) atoms. The molecular weight excluding hydrogens is 572 g/mol. The molecule has 11 nitrogen and oxygen atoms in total. The third kappa shape index (κ3) is 7.80. The van der Waals surface area contributed by atoms with Gasteiger partial charge in [-0.2, -0.15) is 0 Å². The van der Waals surface area contributed by atoms with E-state index in [4.69, 9.17) is 4.42 Å². The monoisotopic (exact) mass is 608 g/mol. The number of amides is 4. The Labute approximate surface area is 261 Å². The Morgan fingerprint density at radius 3 is 2.44 bits per heavy atom. The summed E-state index contributed by atoms with van der Waals surface area (Å²) in [5.41, 5.74) is 3.36. The molecule has 0 saturated carbocycles. The first-order valence-corrected chi connectivity index (χ1v) is 15.0. The second-order valence-electron chi connectivity index (χ2n) is 11.0. The lowest BCUT2D eigenvalue weighted by molar-refractivity contribution is -0.124. The first-order valence-electron chi connectivity index (χ1n) is 15.0. The molecule has 0 aliphatic carbocycles. The normalized spacial score (nSPS) is 19.6. The van der Waals surface area contributed by atoms with Gasteiger partial charge in [0.2, 0.25) is 17.7 Å². The molecule has 2 aromatic heterocycles. The van der Waals surface area contributed by atoms with E-state index in [0.717, 1.165) is 11.1 Å². The number of nitrogens with zero attached hydrogens (tertiary/aromatic N) is 2. The van der Waals surface area contributed by atoms with Crippen molar-refractivity contribution in [2.45, 2.75) is 57.7 Å². The van der Waals surface area contributed by atoms with Gasteiger partial charge in [-0.3, -0.25) is 24.2 Å². The third-order valence-corrected chi connectivity index (χ3v) is 7.68. The van der Waals surface area contributed by atoms with Gasteiger partial charge in [0.25, 0.3) is 11.8 Å². The molecule has 0 unspecified atom stereocenters. The van der Waals surface area contributed by atoms with Crippen LogP contribution in [0.3, 0.4) is 0 Å². The molecule has 2 aromatic carbocycles. The maximum absolute atomic E-state index is 13.7. The highest BCUT2D eigenvalue weighted by atomic mass is 16.3. The molecule has 2 bridgehead atoms. The number of carbonyl (C=O) groups excluding carboxylic acids is 4. The fourth-order valence-corrected chi connectivity index (χ4v) is 5.28. The van der Waals surface area contributed by atoms with Crippen molar-refractivity contribution in [1.82, 2.24) is 31.2 Å². The summed E-state index contributed by atoms with van der Waals surface area (Å²) in [5, 5.41) is 11.4. The van der Waals surface area contributed by atoms with Gasteiger partial charge < -0.3 is 25.7 Å². The molecule has 232 valence electrons. The van der Waals surface area contributed by atoms with Crippen LogP contribution in [0, 0.1) is 6.92 Å². The van der Waals surface area contributed by atoms with Crippen LogP contribution in [0.15, 0.2) is 83.6 Å². The Bertz CT molecular complexity index is 1660. The number of fused-ring (bicyclic) bond motifs is 2. The van der Waals surface area contributed by atoms with Gasteiger partial charge in [0.15, 0.2) is 5.69 Å². The second-order valence-corrected chi connectivity index (χ2v) is 11.0. The van der Waals surface area contributed by atoms with E-state index in [1.165, 1.54) is 6.26 Å². The van der Waals surface area contributed by atoms with Gasteiger partial charge in [-0.15, -0.1) is 0 Å². The topological polar surface area (TPSA) is 155 Å². The Balaban J connectivity index is 1.36. The van der Waals surface area contributed by atoms with Gasteiger partial charge in [0.1, 0.15) is 24.4 Å². The van der Waals surface area contributed by atoms with Crippen molar-refractivity contribution in [2.24, 2.45) is 0 Å². The van der Waals surface area contributed by atoms with Crippen LogP contribution >= 0.6 is 0 Å². The molecule has 4 amide bonds. The van der Waals surface area contributed by atoms with Crippen LogP contribution in [0.1, 0.15) is 70.2 Å². The van der Waals surface area contributed by atoms with E-state index in [1.54, 1.807) is 26.1 Å². The summed E-state index contributed by atoms with van der Waals surface area (Å²) in [5.74, 6) is -1.64. The smallest absolute Gasteiger partial charge is 0.273 e. The van der Waals surface area contributed by atoms with Crippen molar-refractivity contribution < 1.29 is 23.6 Å². The van der Waals surface area contributed by atoms with Gasteiger partial charge >= 0.3 is 0 Å². The van der Waals surface area contributed by atoms with Gasteiger partial charge in [0, 0.05) is 19.2 Å². The van der Waals surface area contributed by atoms with Crippen LogP contribution in [0.5, 0.6) is 0 Å². The largest absolute Gasteiger partial charge is 0.446 e. The van der Waals surface area contributed by atoms with E-state index in [2.05, 4.69) is 31.2 Å². The predicted molar refractivity (Wildman–Crippen MR) is 167 cm³/mol. The van der Waals surface area contributed by atoms with Gasteiger partial charge in [-0.25, -0.2) is 4.98 Å². The average molecular weight is 609 g/mol. The highest BCUT2D eigenvalue weighted by Crippen LogP contribution is 2.25. The van der Waals surface area contributed by atoms with Crippen LogP contribution in [0.4, 0.5) is 0 Å². The number of nitrogens with one attached hydrogen (secondary N) is 4. The summed E-state index contributed by atoms with van der Waals surface area (Å²) in [7, 11) is 0. The molecule has 0 saturated heterocycles. The summed E-state index contributed by atoms with van der Waals surface area (Å²) < 4.78 is 5.54. The number of aromatic nitrogens is 2. The van der Waals surface area contributed by atoms with Crippen LogP contribution in [-0.2, 0) is 16.0 Å². The molecule has 3 atom stereocenters. The zero-order valence-electron chi connectivity index (χ0n) is 25.2. The third-order valence-electron chi connectivity index (χ3n) is 7.68. The maximum Gasteiger partial charge on any atom is 0.273 e. The van der Waals surface area contributed by atoms with E-state index < -0.39 is 35.8 Å². The fraction of sp³-hybridized carbons (Fsp3) is 0.294. The molecular formula is C34H36N6O5. The second kappa shape index (κ2) is 14.4. The predicted octanol–water partition coefficient (Wildman–Crippen LogP) is 3.66. The van der Waals surface area contributed by atoms with E-state index in [1.807, 2.05) is 60.7 Å². The number of carbonyl (C=O) groups is 4. The molecule has 5 rings (SSSR count). The van der Waals surface area contributed by atoms with Crippen molar-refractivity contribution in [3.63, 3.8) is 0 Å². The molecule has 4 N–H and O–H groups in total. The number of oxazole rings is 1.